The van der Waals surface area contributed by atoms with Crippen molar-refractivity contribution in [1.29, 1.82) is 0 Å². The minimum atomic E-state index is -0.223. The number of piperidine rings is 3. The van der Waals surface area contributed by atoms with Crippen LogP contribution in [0.3, 0.4) is 0 Å². The lowest BCUT2D eigenvalue weighted by atomic mass is 9.83. The molecule has 2 bridgehead atoms. The van der Waals surface area contributed by atoms with E-state index in [2.05, 4.69) is 4.90 Å². The maximum Gasteiger partial charge on any atom is 0.327 e. The van der Waals surface area contributed by atoms with Crippen molar-refractivity contribution >= 4 is 5.91 Å². The minimum absolute atomic E-state index is 0.0741. The van der Waals surface area contributed by atoms with Crippen LogP contribution in [0.4, 0.5) is 0 Å². The Kier molecular flexibility index (Phi) is 2.12. The first-order valence-corrected chi connectivity index (χ1v) is 4.54. The maximum atomic E-state index is 11.1. The van der Waals surface area contributed by atoms with Crippen LogP contribution in [0.2, 0.25) is 0 Å². The number of amides is 1. The Bertz CT molecular complexity index is 187. The van der Waals surface area contributed by atoms with Crippen molar-refractivity contribution in [2.45, 2.75) is 25.3 Å². The summed E-state index contributed by atoms with van der Waals surface area (Å²) >= 11 is 0. The number of carbonyl (C=O) groups excluding carboxylic acids is 1. The average Bonchev–Trinajstić information content (AvgIpc) is 2.18. The first-order chi connectivity index (χ1) is 5.81. The van der Waals surface area contributed by atoms with Crippen LogP contribution in [-0.4, -0.2) is 29.9 Å². The molecular weight excluding hydrogens is 156 g/mol. The zero-order chi connectivity index (χ0) is 8.55. The first kappa shape index (κ1) is 8.16. The third kappa shape index (κ3) is 1.26. The number of rotatable bonds is 1. The summed E-state index contributed by atoms with van der Waals surface area (Å²) in [5.41, 5.74) is 0.478. The van der Waals surface area contributed by atoms with Gasteiger partial charge in [-0.2, -0.15) is 0 Å². The van der Waals surface area contributed by atoms with E-state index in [1.807, 2.05) is 0 Å². The van der Waals surface area contributed by atoms with E-state index in [4.69, 9.17) is 0 Å². The fraction of sp³-hybridized carbons (Fsp3) is 0.875. The predicted octanol–water partition coefficient (Wildman–Crippen LogP) is -0.941. The van der Waals surface area contributed by atoms with Crippen molar-refractivity contribution in [1.82, 2.24) is 4.90 Å². The quantitative estimate of drug-likeness (QED) is 0.517. The van der Waals surface area contributed by atoms with Crippen molar-refractivity contribution in [2.75, 3.05) is 13.1 Å². The molecule has 3 saturated heterocycles. The summed E-state index contributed by atoms with van der Waals surface area (Å²) in [5, 5.41) is 10.3. The van der Waals surface area contributed by atoms with E-state index >= 15 is 0 Å². The zero-order valence-electron chi connectivity index (χ0n) is 7.03. The predicted molar refractivity (Wildman–Crippen MR) is 43.0 cm³/mol. The summed E-state index contributed by atoms with van der Waals surface area (Å²) in [6.07, 6.45) is 3.34. The molecule has 4 nitrogen and oxygen atoms in total. The summed E-state index contributed by atoms with van der Waals surface area (Å²) in [4.78, 5) is 13.3. The van der Waals surface area contributed by atoms with Gasteiger partial charge in [0.25, 0.3) is 0 Å². The lowest BCUT2D eigenvalue weighted by Gasteiger charge is -2.43. The van der Waals surface area contributed by atoms with Gasteiger partial charge in [-0.1, -0.05) is 0 Å². The smallest absolute Gasteiger partial charge is 0.327 e. The van der Waals surface area contributed by atoms with Gasteiger partial charge in [-0.05, 0) is 38.3 Å². The van der Waals surface area contributed by atoms with E-state index in [0.29, 0.717) is 11.4 Å². The first-order valence-electron chi connectivity index (χ1n) is 4.54. The number of quaternary nitrogens is 1. The van der Waals surface area contributed by atoms with E-state index in [9.17, 15) is 10.0 Å². The molecule has 1 atom stereocenters. The molecule has 0 saturated carbocycles. The second-order valence-corrected chi connectivity index (χ2v) is 3.75. The molecule has 0 radical (unpaired) electrons. The van der Waals surface area contributed by atoms with Gasteiger partial charge >= 0.3 is 5.91 Å². The highest BCUT2D eigenvalue weighted by atomic mass is 16.5. The Balaban J connectivity index is 2.03. The Hall–Kier alpha value is -0.450. The Labute approximate surface area is 71.5 Å². The number of nitrogens with two attached hydrogens (primary N) is 1. The van der Waals surface area contributed by atoms with E-state index in [0.717, 1.165) is 19.5 Å². The second-order valence-electron chi connectivity index (χ2n) is 3.75. The summed E-state index contributed by atoms with van der Waals surface area (Å²) in [7, 11) is 0. The standard InChI is InChI=1S/C8H14N2O2/c11-8(9-12)7-5-6-1-3-10(7)4-2-6/h6-7H,1-5,9H2. The van der Waals surface area contributed by atoms with Crippen LogP contribution < -0.4 is 5.48 Å². The van der Waals surface area contributed by atoms with Crippen LogP contribution in [0.1, 0.15) is 19.3 Å². The number of primary amides is 1. The minimum Gasteiger partial charge on any atom is -0.628 e. The topological polar surface area (TPSA) is 60.0 Å². The molecule has 12 heavy (non-hydrogen) atoms. The monoisotopic (exact) mass is 170 g/mol. The van der Waals surface area contributed by atoms with Crippen LogP contribution in [-0.2, 0) is 4.79 Å². The Morgan fingerprint density at radius 1 is 1.42 bits per heavy atom. The molecule has 0 aliphatic carbocycles. The summed E-state index contributed by atoms with van der Waals surface area (Å²) in [5.74, 6) is 0.475. The summed E-state index contributed by atoms with van der Waals surface area (Å²) in [6.45, 7) is 2.02. The molecular formula is C8H14N2O2. The number of fused-ring (bicyclic) bond motifs is 3. The molecule has 0 aromatic heterocycles. The molecule has 3 aliphatic rings. The van der Waals surface area contributed by atoms with Crippen molar-refractivity contribution in [3.05, 3.63) is 5.21 Å². The van der Waals surface area contributed by atoms with Crippen LogP contribution in [0.25, 0.3) is 0 Å². The molecule has 1 amide bonds. The number of hydrogen-bond donors (Lipinski definition) is 1. The van der Waals surface area contributed by atoms with Crippen LogP contribution >= 0.6 is 0 Å². The van der Waals surface area contributed by atoms with Crippen molar-refractivity contribution < 1.29 is 10.3 Å². The molecule has 1 unspecified atom stereocenters. The average molecular weight is 170 g/mol. The number of carbonyl (C=O) groups is 1. The molecule has 0 aromatic rings. The number of nitrogens with zero attached hydrogens (tertiary/aromatic N) is 1. The van der Waals surface area contributed by atoms with Gasteiger partial charge in [0.1, 0.15) is 6.04 Å². The molecule has 3 heterocycles. The Morgan fingerprint density at radius 3 is 2.50 bits per heavy atom. The molecule has 68 valence electrons. The molecule has 0 spiro atoms. The third-order valence-electron chi connectivity index (χ3n) is 3.09. The molecule has 0 aromatic carbocycles. The van der Waals surface area contributed by atoms with Gasteiger partial charge in [0, 0.05) is 0 Å². The highest BCUT2D eigenvalue weighted by Crippen LogP contribution is 2.31. The Morgan fingerprint density at radius 2 is 2.08 bits per heavy atom. The fourth-order valence-corrected chi connectivity index (χ4v) is 2.34. The van der Waals surface area contributed by atoms with Crippen LogP contribution in [0.5, 0.6) is 0 Å². The van der Waals surface area contributed by atoms with Crippen molar-refractivity contribution in [2.24, 2.45) is 5.92 Å². The second kappa shape index (κ2) is 3.12. The van der Waals surface area contributed by atoms with E-state index in [1.165, 1.54) is 12.8 Å². The summed E-state index contributed by atoms with van der Waals surface area (Å²) in [6, 6.07) is -0.0741. The van der Waals surface area contributed by atoms with Gasteiger partial charge in [-0.3, -0.25) is 4.90 Å². The van der Waals surface area contributed by atoms with Crippen molar-refractivity contribution in [3.8, 4) is 0 Å². The van der Waals surface area contributed by atoms with E-state index in [-0.39, 0.29) is 11.9 Å². The van der Waals surface area contributed by atoms with Crippen molar-refractivity contribution in [3.63, 3.8) is 0 Å². The molecule has 3 aliphatic heterocycles. The van der Waals surface area contributed by atoms with E-state index < -0.39 is 0 Å². The van der Waals surface area contributed by atoms with E-state index in [1.54, 1.807) is 0 Å². The van der Waals surface area contributed by atoms with Crippen LogP contribution in [0.15, 0.2) is 0 Å². The molecule has 3 rings (SSSR count). The number of hydrogen-bond acceptors (Lipinski definition) is 3. The lowest BCUT2D eigenvalue weighted by Crippen LogP contribution is -2.86. The summed E-state index contributed by atoms with van der Waals surface area (Å²) < 4.78 is 0. The fourth-order valence-electron chi connectivity index (χ4n) is 2.34. The highest BCUT2D eigenvalue weighted by Gasteiger charge is 2.38. The molecule has 2 N–H and O–H groups in total. The van der Waals surface area contributed by atoms with Gasteiger partial charge in [0.15, 0.2) is 0 Å². The molecule has 3 fully saturated rings. The maximum absolute atomic E-state index is 11.1. The third-order valence-corrected chi connectivity index (χ3v) is 3.09. The van der Waals surface area contributed by atoms with Gasteiger partial charge < -0.3 is 10.7 Å². The van der Waals surface area contributed by atoms with Gasteiger partial charge in [0.05, 0.1) is 0 Å². The van der Waals surface area contributed by atoms with Gasteiger partial charge in [-0.15, -0.1) is 0 Å². The highest BCUT2D eigenvalue weighted by molar-refractivity contribution is 5.72. The zero-order valence-corrected chi connectivity index (χ0v) is 7.03. The van der Waals surface area contributed by atoms with Gasteiger partial charge in [-0.25, -0.2) is 4.79 Å². The normalized spacial score (nSPS) is 39.9. The number of hydroxylamine groups is 1. The molecule has 4 heteroatoms. The largest absolute Gasteiger partial charge is 0.628 e. The van der Waals surface area contributed by atoms with Gasteiger partial charge in [0.2, 0.25) is 0 Å². The SMILES string of the molecule is O=C([NH2+][O-])C1CC2CCN1CC2. The van der Waals surface area contributed by atoms with Crippen LogP contribution in [0, 0.1) is 11.1 Å². The lowest BCUT2D eigenvalue weighted by molar-refractivity contribution is -0.504.